The monoisotopic (exact) mass is 300 g/mol. The molecule has 94 valence electrons. The van der Waals surface area contributed by atoms with E-state index < -0.39 is 0 Å². The maximum atomic E-state index is 5.70. The van der Waals surface area contributed by atoms with Gasteiger partial charge in [0.2, 0.25) is 0 Å². The Balaban J connectivity index is 1.92. The molecule has 3 N–H and O–H groups in total. The summed E-state index contributed by atoms with van der Waals surface area (Å²) in [6.07, 6.45) is 5.06. The lowest BCUT2D eigenvalue weighted by Crippen LogP contribution is -2.18. The Kier molecular flexibility index (Phi) is 3.83. The molecule has 0 saturated heterocycles. The van der Waals surface area contributed by atoms with Gasteiger partial charge in [-0.05, 0) is 40.6 Å². The van der Waals surface area contributed by atoms with Crippen LogP contribution in [0.15, 0.2) is 10.8 Å². The van der Waals surface area contributed by atoms with E-state index in [4.69, 9.17) is 10.5 Å². The molecule has 1 aromatic heterocycles. The lowest BCUT2D eigenvalue weighted by Gasteiger charge is -2.16. The molecule has 2 rings (SSSR count). The van der Waals surface area contributed by atoms with Crippen LogP contribution in [0, 0.1) is 5.41 Å². The molecule has 1 saturated carbocycles. The topological polar surface area (TPSA) is 73.1 Å². The van der Waals surface area contributed by atoms with Crippen LogP contribution < -0.4 is 11.1 Å². The second kappa shape index (κ2) is 5.18. The van der Waals surface area contributed by atoms with Crippen molar-refractivity contribution in [1.82, 2.24) is 9.97 Å². The average Bonchev–Trinajstić information content (AvgIpc) is 3.09. The molecule has 0 atom stereocenters. The Morgan fingerprint density at radius 2 is 2.29 bits per heavy atom. The molecule has 1 fully saturated rings. The molecule has 0 spiro atoms. The maximum Gasteiger partial charge on any atom is 0.145 e. The molecular weight excluding hydrogens is 284 g/mol. The summed E-state index contributed by atoms with van der Waals surface area (Å²) in [4.78, 5) is 8.08. The fourth-order valence-electron chi connectivity index (χ4n) is 1.79. The molecule has 1 aliphatic rings. The number of halogens is 1. The van der Waals surface area contributed by atoms with Crippen molar-refractivity contribution in [2.75, 3.05) is 31.3 Å². The van der Waals surface area contributed by atoms with E-state index in [1.54, 1.807) is 7.11 Å². The Morgan fingerprint density at radius 1 is 1.53 bits per heavy atom. The molecule has 1 aromatic rings. The average molecular weight is 301 g/mol. The zero-order valence-electron chi connectivity index (χ0n) is 9.87. The lowest BCUT2D eigenvalue weighted by molar-refractivity contribution is 0.175. The molecule has 1 heterocycles. The molecule has 0 aliphatic heterocycles. The van der Waals surface area contributed by atoms with E-state index in [1.807, 2.05) is 0 Å². The zero-order valence-corrected chi connectivity index (χ0v) is 11.5. The van der Waals surface area contributed by atoms with E-state index in [1.165, 1.54) is 19.2 Å². The number of nitrogens with zero attached hydrogens (tertiary/aromatic N) is 2. The smallest absolute Gasteiger partial charge is 0.145 e. The van der Waals surface area contributed by atoms with E-state index in [0.717, 1.165) is 29.9 Å². The van der Waals surface area contributed by atoms with Crippen molar-refractivity contribution in [2.24, 2.45) is 5.41 Å². The maximum absolute atomic E-state index is 5.70. The fourth-order valence-corrected chi connectivity index (χ4v) is 2.13. The van der Waals surface area contributed by atoms with Crippen molar-refractivity contribution in [3.63, 3.8) is 0 Å². The number of aromatic nitrogens is 2. The van der Waals surface area contributed by atoms with Gasteiger partial charge in [0.25, 0.3) is 0 Å². The van der Waals surface area contributed by atoms with Gasteiger partial charge in [0.15, 0.2) is 0 Å². The van der Waals surface area contributed by atoms with E-state index in [2.05, 4.69) is 31.2 Å². The number of nitrogen functional groups attached to an aromatic ring is 1. The van der Waals surface area contributed by atoms with Crippen LogP contribution in [0.5, 0.6) is 0 Å². The number of hydrogen-bond donors (Lipinski definition) is 2. The first-order chi connectivity index (χ1) is 8.17. The molecule has 0 amide bonds. The number of hydrogen-bond acceptors (Lipinski definition) is 5. The van der Waals surface area contributed by atoms with Gasteiger partial charge in [-0.1, -0.05) is 0 Å². The van der Waals surface area contributed by atoms with E-state index in [0.29, 0.717) is 11.2 Å². The van der Waals surface area contributed by atoms with Gasteiger partial charge >= 0.3 is 0 Å². The van der Waals surface area contributed by atoms with E-state index in [-0.39, 0.29) is 0 Å². The van der Waals surface area contributed by atoms with Crippen molar-refractivity contribution in [3.05, 3.63) is 10.8 Å². The van der Waals surface area contributed by atoms with Gasteiger partial charge in [-0.25, -0.2) is 9.97 Å². The number of methoxy groups -OCH3 is 1. The van der Waals surface area contributed by atoms with Gasteiger partial charge in [0.05, 0.1) is 0 Å². The van der Waals surface area contributed by atoms with Crippen molar-refractivity contribution in [2.45, 2.75) is 19.3 Å². The molecule has 0 radical (unpaired) electrons. The first-order valence-corrected chi connectivity index (χ1v) is 6.45. The molecule has 0 unspecified atom stereocenters. The summed E-state index contributed by atoms with van der Waals surface area (Å²) in [6, 6.07) is 0. The second-order valence-electron chi connectivity index (χ2n) is 4.52. The summed E-state index contributed by atoms with van der Waals surface area (Å²) in [6.45, 7) is 1.72. The zero-order chi connectivity index (χ0) is 12.3. The van der Waals surface area contributed by atoms with Gasteiger partial charge in [-0.2, -0.15) is 0 Å². The number of nitrogens with two attached hydrogens (primary N) is 1. The molecule has 17 heavy (non-hydrogen) atoms. The van der Waals surface area contributed by atoms with Crippen LogP contribution in [-0.4, -0.2) is 30.2 Å². The Hall–Kier alpha value is -0.880. The van der Waals surface area contributed by atoms with Gasteiger partial charge in [-0.3, -0.25) is 0 Å². The third kappa shape index (κ3) is 3.07. The molecular formula is C11H17BrN4O. The van der Waals surface area contributed by atoms with Gasteiger partial charge in [-0.15, -0.1) is 0 Å². The molecule has 0 aromatic carbocycles. The molecule has 6 heteroatoms. The summed E-state index contributed by atoms with van der Waals surface area (Å²) in [5.41, 5.74) is 6.08. The highest BCUT2D eigenvalue weighted by Gasteiger charge is 2.41. The summed E-state index contributed by atoms with van der Waals surface area (Å²) >= 11 is 3.38. The van der Waals surface area contributed by atoms with Gasteiger partial charge in [0, 0.05) is 20.3 Å². The summed E-state index contributed by atoms with van der Waals surface area (Å²) in [7, 11) is 1.74. The van der Waals surface area contributed by atoms with Crippen molar-refractivity contribution in [3.8, 4) is 0 Å². The van der Waals surface area contributed by atoms with Crippen molar-refractivity contribution in [1.29, 1.82) is 0 Å². The first-order valence-electron chi connectivity index (χ1n) is 5.66. The van der Waals surface area contributed by atoms with E-state index >= 15 is 0 Å². The summed E-state index contributed by atoms with van der Waals surface area (Å²) in [5, 5.41) is 3.33. The Labute approximate surface area is 109 Å². The highest BCUT2D eigenvalue weighted by Crippen LogP contribution is 2.48. The Morgan fingerprint density at radius 3 is 2.94 bits per heavy atom. The molecule has 0 bridgehead atoms. The van der Waals surface area contributed by atoms with Crippen LogP contribution in [0.3, 0.4) is 0 Å². The van der Waals surface area contributed by atoms with Gasteiger partial charge in [0.1, 0.15) is 22.4 Å². The minimum Gasteiger partial charge on any atom is -0.385 e. The normalized spacial score (nSPS) is 16.8. The van der Waals surface area contributed by atoms with Crippen LogP contribution >= 0.6 is 15.9 Å². The lowest BCUT2D eigenvalue weighted by atomic mass is 10.0. The quantitative estimate of drug-likeness (QED) is 0.841. The van der Waals surface area contributed by atoms with Gasteiger partial charge < -0.3 is 15.8 Å². The third-order valence-electron chi connectivity index (χ3n) is 3.24. The highest BCUT2D eigenvalue weighted by molar-refractivity contribution is 9.10. The van der Waals surface area contributed by atoms with Crippen LogP contribution in [0.4, 0.5) is 11.6 Å². The van der Waals surface area contributed by atoms with E-state index in [9.17, 15) is 0 Å². The molecule has 1 aliphatic carbocycles. The largest absolute Gasteiger partial charge is 0.385 e. The minimum atomic E-state index is 0.384. The predicted molar refractivity (Wildman–Crippen MR) is 70.8 cm³/mol. The molecule has 5 nitrogen and oxygen atoms in total. The number of rotatable bonds is 6. The number of ether oxygens (including phenoxy) is 1. The fraction of sp³-hybridized carbons (Fsp3) is 0.636. The van der Waals surface area contributed by atoms with Crippen molar-refractivity contribution < 1.29 is 4.74 Å². The minimum absolute atomic E-state index is 0.384. The predicted octanol–water partition coefficient (Wildman–Crippen LogP) is 2.05. The second-order valence-corrected chi connectivity index (χ2v) is 5.31. The SMILES string of the molecule is COCCC1(CNc2ncnc(N)c2Br)CC1. The first kappa shape index (κ1) is 12.6. The Bertz CT molecular complexity index is 395. The van der Waals surface area contributed by atoms with Crippen LogP contribution in [-0.2, 0) is 4.74 Å². The van der Waals surface area contributed by atoms with Crippen molar-refractivity contribution >= 4 is 27.6 Å². The van der Waals surface area contributed by atoms with Crippen LogP contribution in [0.25, 0.3) is 0 Å². The third-order valence-corrected chi connectivity index (χ3v) is 4.02. The summed E-state index contributed by atoms with van der Waals surface area (Å²) < 4.78 is 5.87. The number of anilines is 2. The standard InChI is InChI=1S/C11H17BrN4O/c1-17-5-4-11(2-3-11)6-14-10-8(12)9(13)15-7-16-10/h7H,2-6H2,1H3,(H3,13,14,15,16). The summed E-state index contributed by atoms with van der Waals surface area (Å²) in [5.74, 6) is 1.23. The highest BCUT2D eigenvalue weighted by atomic mass is 79.9. The number of nitrogens with one attached hydrogen (secondary N) is 1. The van der Waals surface area contributed by atoms with Crippen LogP contribution in [0.2, 0.25) is 0 Å². The van der Waals surface area contributed by atoms with Crippen LogP contribution in [0.1, 0.15) is 19.3 Å².